The van der Waals surface area contributed by atoms with E-state index in [9.17, 15) is 14.7 Å². The molecule has 1 aliphatic heterocycles. The van der Waals surface area contributed by atoms with Gasteiger partial charge in [-0.15, -0.1) is 0 Å². The van der Waals surface area contributed by atoms with E-state index in [4.69, 9.17) is 21.4 Å². The highest BCUT2D eigenvalue weighted by Gasteiger charge is 2.44. The first-order valence-corrected chi connectivity index (χ1v) is 12.0. The van der Waals surface area contributed by atoms with Crippen molar-refractivity contribution in [3.8, 4) is 5.75 Å². The second-order valence-electron chi connectivity index (χ2n) is 8.32. The second-order valence-corrected chi connectivity index (χ2v) is 8.76. The third-order valence-electron chi connectivity index (χ3n) is 5.74. The van der Waals surface area contributed by atoms with Crippen molar-refractivity contribution in [2.45, 2.75) is 5.60 Å². The van der Waals surface area contributed by atoms with Gasteiger partial charge >= 0.3 is 5.97 Å². The topological polar surface area (TPSA) is 124 Å². The molecule has 1 unspecified atom stereocenters. The summed E-state index contributed by atoms with van der Waals surface area (Å²) in [6.45, 7) is 0.0497. The lowest BCUT2D eigenvalue weighted by molar-refractivity contribution is -0.131. The van der Waals surface area contributed by atoms with Crippen molar-refractivity contribution in [3.05, 3.63) is 113 Å². The highest BCUT2D eigenvalue weighted by molar-refractivity contribution is 6.30. The summed E-state index contributed by atoms with van der Waals surface area (Å²) in [6.07, 6.45) is 2.33. The van der Waals surface area contributed by atoms with Gasteiger partial charge in [-0.3, -0.25) is 15.1 Å². The van der Waals surface area contributed by atoms with Gasteiger partial charge in [0.15, 0.2) is 5.60 Å². The Morgan fingerprint density at radius 1 is 1.13 bits per heavy atom. The van der Waals surface area contributed by atoms with Crippen LogP contribution in [0.1, 0.15) is 21.5 Å². The molecule has 0 bridgehead atoms. The Bertz CT molecular complexity index is 1410. The number of nitrogens with one attached hydrogen (secondary N) is 1. The van der Waals surface area contributed by atoms with E-state index >= 15 is 0 Å². The van der Waals surface area contributed by atoms with Crippen molar-refractivity contribution < 1.29 is 24.5 Å². The van der Waals surface area contributed by atoms with E-state index in [0.29, 0.717) is 33.2 Å². The first kappa shape index (κ1) is 26.6. The Labute approximate surface area is 224 Å². The van der Waals surface area contributed by atoms with E-state index in [1.165, 1.54) is 24.2 Å². The number of ether oxygens (including phenoxy) is 1. The summed E-state index contributed by atoms with van der Waals surface area (Å²) in [7, 11) is 1.52. The lowest BCUT2D eigenvalue weighted by Crippen LogP contribution is -2.45. The molecule has 0 saturated carbocycles. The molecule has 3 aromatic rings. The Hall–Kier alpha value is -4.47. The van der Waals surface area contributed by atoms with E-state index < -0.39 is 17.5 Å². The maximum Gasteiger partial charge on any atom is 0.328 e. The van der Waals surface area contributed by atoms with Gasteiger partial charge in [0.2, 0.25) is 5.96 Å². The summed E-state index contributed by atoms with van der Waals surface area (Å²) in [6, 6.07) is 22.6. The molecule has 10 heteroatoms. The summed E-state index contributed by atoms with van der Waals surface area (Å²) in [5.74, 6) is -0.999. The number of amides is 1. The predicted octanol–water partition coefficient (Wildman–Crippen LogP) is 3.68. The lowest BCUT2D eigenvalue weighted by Gasteiger charge is -2.26. The molecule has 1 atom stereocenters. The van der Waals surface area contributed by atoms with Gasteiger partial charge in [-0.2, -0.15) is 5.10 Å². The number of guanidine groups is 1. The smallest absolute Gasteiger partial charge is 0.328 e. The predicted molar refractivity (Wildman–Crippen MR) is 145 cm³/mol. The van der Waals surface area contributed by atoms with Gasteiger partial charge in [0, 0.05) is 29.3 Å². The summed E-state index contributed by atoms with van der Waals surface area (Å²) in [4.78, 5) is 27.9. The SMILES string of the molecule is CN=C(NC(=O)c1cccc(OC/C=C/C(=O)O)c1)N1CC(O)(c2ccccc2)C(c2ccc(Cl)cc2)=N1. The number of benzene rings is 3. The van der Waals surface area contributed by atoms with Crippen LogP contribution in [0.15, 0.2) is 101 Å². The van der Waals surface area contributed by atoms with Gasteiger partial charge in [-0.25, -0.2) is 9.80 Å². The molecule has 9 nitrogen and oxygen atoms in total. The molecule has 194 valence electrons. The van der Waals surface area contributed by atoms with E-state index in [-0.39, 0.29) is 19.1 Å². The molecule has 1 heterocycles. The molecule has 0 aromatic heterocycles. The number of rotatable bonds is 7. The first-order chi connectivity index (χ1) is 18.3. The number of carboxylic acids is 1. The summed E-state index contributed by atoms with van der Waals surface area (Å²) < 4.78 is 5.49. The lowest BCUT2D eigenvalue weighted by atomic mass is 9.86. The molecule has 1 aliphatic rings. The number of nitrogens with zero attached hydrogens (tertiary/aromatic N) is 3. The largest absolute Gasteiger partial charge is 0.490 e. The number of aliphatic hydroxyl groups is 1. The molecule has 3 N–H and O–H groups in total. The fourth-order valence-corrected chi connectivity index (χ4v) is 4.05. The van der Waals surface area contributed by atoms with Gasteiger partial charge in [0.05, 0.1) is 6.54 Å². The zero-order valence-corrected chi connectivity index (χ0v) is 21.2. The highest BCUT2D eigenvalue weighted by Crippen LogP contribution is 2.33. The van der Waals surface area contributed by atoms with Gasteiger partial charge in [-0.05, 0) is 42.0 Å². The van der Waals surface area contributed by atoms with Crippen molar-refractivity contribution in [2.75, 3.05) is 20.2 Å². The van der Waals surface area contributed by atoms with Crippen molar-refractivity contribution >= 4 is 35.1 Å². The van der Waals surface area contributed by atoms with Crippen LogP contribution in [-0.4, -0.2) is 59.0 Å². The minimum Gasteiger partial charge on any atom is -0.490 e. The van der Waals surface area contributed by atoms with Crippen LogP contribution in [0.4, 0.5) is 0 Å². The van der Waals surface area contributed by atoms with Gasteiger partial charge in [0.1, 0.15) is 18.1 Å². The highest BCUT2D eigenvalue weighted by atomic mass is 35.5. The number of hydrogen-bond donors (Lipinski definition) is 3. The van der Waals surface area contributed by atoms with Crippen LogP contribution in [0.3, 0.4) is 0 Å². The zero-order valence-electron chi connectivity index (χ0n) is 20.4. The molecular formula is C28H25ClN4O5. The number of carbonyl (C=O) groups excluding carboxylic acids is 1. The van der Waals surface area contributed by atoms with Crippen LogP contribution >= 0.6 is 11.6 Å². The second kappa shape index (κ2) is 11.7. The minimum atomic E-state index is -1.48. The van der Waals surface area contributed by atoms with Crippen molar-refractivity contribution in [1.82, 2.24) is 10.3 Å². The van der Waals surface area contributed by atoms with E-state index in [0.717, 1.165) is 6.08 Å². The molecule has 1 amide bonds. The summed E-state index contributed by atoms with van der Waals surface area (Å²) in [5.41, 5.74) is 0.518. The zero-order chi connectivity index (χ0) is 27.1. The normalized spacial score (nSPS) is 17.4. The maximum atomic E-state index is 13.1. The van der Waals surface area contributed by atoms with Gasteiger partial charge < -0.3 is 14.9 Å². The summed E-state index contributed by atoms with van der Waals surface area (Å²) >= 11 is 6.07. The quantitative estimate of drug-likeness (QED) is 0.242. The number of carbonyl (C=O) groups is 2. The Kier molecular flexibility index (Phi) is 8.20. The molecular weight excluding hydrogens is 508 g/mol. The number of aliphatic imine (C=N–C) groups is 1. The molecule has 0 radical (unpaired) electrons. The number of carboxylic acid groups (broad SMARTS) is 1. The number of β-amino-alcohol motifs (C(OH)–C–C–N with tert-alkyl or cyclic N) is 1. The number of hydrazone groups is 1. The Balaban J connectivity index is 1.56. The molecule has 0 spiro atoms. The third kappa shape index (κ3) is 6.08. The van der Waals surface area contributed by atoms with Crippen LogP contribution in [0.2, 0.25) is 5.02 Å². The van der Waals surface area contributed by atoms with Crippen LogP contribution in [0.5, 0.6) is 5.75 Å². The average Bonchev–Trinajstić information content (AvgIpc) is 3.29. The van der Waals surface area contributed by atoms with E-state index in [2.05, 4.69) is 15.4 Å². The standard InChI is InChI=1S/C28H25ClN4O5/c1-30-27(31-26(36)20-7-5-10-23(17-20)38-16-6-11-24(34)35)33-18-28(37,21-8-3-2-4-9-21)25(32-33)19-12-14-22(29)15-13-19/h2-15,17,37H,16,18H2,1H3,(H,34,35)(H,30,31,36)/b11-6+. The van der Waals surface area contributed by atoms with Crippen LogP contribution in [0.25, 0.3) is 0 Å². The maximum absolute atomic E-state index is 13.1. The fourth-order valence-electron chi connectivity index (χ4n) is 3.93. The van der Waals surface area contributed by atoms with Crippen molar-refractivity contribution in [2.24, 2.45) is 10.1 Å². The Morgan fingerprint density at radius 3 is 2.55 bits per heavy atom. The van der Waals surface area contributed by atoms with Crippen LogP contribution in [0, 0.1) is 0 Å². The third-order valence-corrected chi connectivity index (χ3v) is 6.00. The molecule has 3 aromatic carbocycles. The average molecular weight is 533 g/mol. The Morgan fingerprint density at radius 2 is 1.87 bits per heavy atom. The molecule has 38 heavy (non-hydrogen) atoms. The molecule has 0 saturated heterocycles. The van der Waals surface area contributed by atoms with Crippen LogP contribution in [-0.2, 0) is 10.4 Å². The van der Waals surface area contributed by atoms with E-state index in [1.807, 2.05) is 30.3 Å². The number of halogens is 1. The summed E-state index contributed by atoms with van der Waals surface area (Å²) in [5, 5.41) is 29.9. The molecule has 0 fully saturated rings. The monoisotopic (exact) mass is 532 g/mol. The minimum absolute atomic E-state index is 0.0149. The molecule has 0 aliphatic carbocycles. The fraction of sp³-hybridized carbons (Fsp3) is 0.143. The first-order valence-electron chi connectivity index (χ1n) is 11.6. The van der Waals surface area contributed by atoms with E-state index in [1.54, 1.807) is 42.5 Å². The van der Waals surface area contributed by atoms with Crippen molar-refractivity contribution in [1.29, 1.82) is 0 Å². The number of aliphatic carboxylic acids is 1. The number of hydrogen-bond acceptors (Lipinski definition) is 6. The van der Waals surface area contributed by atoms with Gasteiger partial charge in [0.25, 0.3) is 5.91 Å². The molecule has 4 rings (SSSR count). The van der Waals surface area contributed by atoms with Crippen molar-refractivity contribution in [3.63, 3.8) is 0 Å². The van der Waals surface area contributed by atoms with Gasteiger partial charge in [-0.1, -0.05) is 60.1 Å². The van der Waals surface area contributed by atoms with Crippen LogP contribution < -0.4 is 10.1 Å².